The van der Waals surface area contributed by atoms with Crippen molar-refractivity contribution in [1.29, 1.82) is 0 Å². The van der Waals surface area contributed by atoms with Gasteiger partial charge in [0, 0.05) is 57.0 Å². The molecule has 2 fully saturated rings. The van der Waals surface area contributed by atoms with E-state index in [1.807, 2.05) is 30.5 Å². The van der Waals surface area contributed by atoms with Gasteiger partial charge >= 0.3 is 0 Å². The Labute approximate surface area is 262 Å². The average Bonchev–Trinajstić information content (AvgIpc) is 3.63. The topological polar surface area (TPSA) is 132 Å². The number of hydrogen-bond donors (Lipinski definition) is 1. The summed E-state index contributed by atoms with van der Waals surface area (Å²) in [5.74, 6) is 0.999. The molecular formula is C32H31N5O7S. The Balaban J connectivity index is 1.03. The molecule has 1 unspecified atom stereocenters. The van der Waals surface area contributed by atoms with Crippen LogP contribution in [0.3, 0.4) is 0 Å². The predicted octanol–water partition coefficient (Wildman–Crippen LogP) is 2.70. The number of fused-ring (bicyclic) bond motifs is 2. The van der Waals surface area contributed by atoms with Crippen LogP contribution in [0.5, 0.6) is 17.2 Å². The van der Waals surface area contributed by atoms with Gasteiger partial charge in [0.1, 0.15) is 29.4 Å². The van der Waals surface area contributed by atoms with Crippen LogP contribution in [0.1, 0.15) is 34.3 Å². The van der Waals surface area contributed by atoms with Gasteiger partial charge in [-0.3, -0.25) is 29.4 Å². The minimum Gasteiger partial charge on any atom is -0.496 e. The number of methoxy groups -OCH3 is 2. The number of nitrogens with zero attached hydrogens (tertiary/aromatic N) is 4. The number of pyridine rings is 1. The van der Waals surface area contributed by atoms with Crippen LogP contribution in [0, 0.1) is 0 Å². The van der Waals surface area contributed by atoms with Crippen LogP contribution in [-0.4, -0.2) is 75.9 Å². The van der Waals surface area contributed by atoms with E-state index < -0.39 is 11.9 Å². The highest BCUT2D eigenvalue weighted by Crippen LogP contribution is 2.39. The minimum absolute atomic E-state index is 0.0627. The molecule has 0 saturated carbocycles. The van der Waals surface area contributed by atoms with Crippen LogP contribution in [0.25, 0.3) is 21.2 Å². The van der Waals surface area contributed by atoms with Crippen molar-refractivity contribution < 1.29 is 28.6 Å². The fourth-order valence-electron chi connectivity index (χ4n) is 6.34. The molecular weight excluding hydrogens is 598 g/mol. The zero-order valence-corrected chi connectivity index (χ0v) is 25.8. The number of piperidine rings is 1. The third-order valence-corrected chi connectivity index (χ3v) is 9.55. The Morgan fingerprint density at radius 2 is 1.78 bits per heavy atom. The number of likely N-dealkylation sites (tertiary alicyclic amines) is 1. The van der Waals surface area contributed by atoms with E-state index in [2.05, 4.69) is 14.6 Å². The molecule has 0 bridgehead atoms. The maximum Gasteiger partial charge on any atom is 0.260 e. The number of aryl methyl sites for hydroxylation is 1. The number of hydrogen-bond acceptors (Lipinski definition) is 10. The van der Waals surface area contributed by atoms with E-state index in [4.69, 9.17) is 14.2 Å². The van der Waals surface area contributed by atoms with E-state index in [9.17, 15) is 19.2 Å². The first-order valence-corrected chi connectivity index (χ1v) is 15.4. The van der Waals surface area contributed by atoms with Crippen LogP contribution in [0.15, 0.2) is 47.5 Å². The molecule has 12 nitrogen and oxygen atoms in total. The van der Waals surface area contributed by atoms with E-state index in [0.29, 0.717) is 60.8 Å². The van der Waals surface area contributed by atoms with E-state index in [1.165, 1.54) is 16.4 Å². The molecule has 0 aliphatic carbocycles. The summed E-state index contributed by atoms with van der Waals surface area (Å²) < 4.78 is 24.5. The highest BCUT2D eigenvalue weighted by molar-refractivity contribution is 7.13. The van der Waals surface area contributed by atoms with Crippen molar-refractivity contribution in [3.8, 4) is 28.4 Å². The fraction of sp³-hybridized carbons (Fsp3) is 0.344. The van der Waals surface area contributed by atoms with Gasteiger partial charge in [-0.15, -0.1) is 0 Å². The largest absolute Gasteiger partial charge is 0.496 e. The Hall–Kier alpha value is -4.75. The van der Waals surface area contributed by atoms with Gasteiger partial charge in [-0.2, -0.15) is 4.37 Å². The second kappa shape index (κ2) is 11.3. The molecule has 45 heavy (non-hydrogen) atoms. The lowest BCUT2D eigenvalue weighted by molar-refractivity contribution is -0.136. The SMILES string of the molecule is COc1cc(-c2cn(C)c(=O)c3cnsc23)cc(OC)c1CN1CC(Oc2ccc3c(c2)C(=O)N(C2CCC(=O)NC2=O)C3)C1. The summed E-state index contributed by atoms with van der Waals surface area (Å²) in [5, 5.41) is 2.91. The molecule has 13 heteroatoms. The molecule has 232 valence electrons. The number of carbonyl (C=O) groups is 3. The highest BCUT2D eigenvalue weighted by atomic mass is 32.1. The summed E-state index contributed by atoms with van der Waals surface area (Å²) >= 11 is 1.28. The zero-order chi connectivity index (χ0) is 31.4. The Morgan fingerprint density at radius 3 is 2.49 bits per heavy atom. The van der Waals surface area contributed by atoms with Gasteiger partial charge in [-0.1, -0.05) is 6.07 Å². The van der Waals surface area contributed by atoms with Crippen molar-refractivity contribution in [3.63, 3.8) is 0 Å². The van der Waals surface area contributed by atoms with Crippen LogP contribution < -0.4 is 25.1 Å². The molecule has 1 atom stereocenters. The maximum atomic E-state index is 13.2. The predicted molar refractivity (Wildman–Crippen MR) is 166 cm³/mol. The van der Waals surface area contributed by atoms with Crippen LogP contribution in [0.4, 0.5) is 0 Å². The van der Waals surface area contributed by atoms with E-state index in [1.54, 1.807) is 38.1 Å². The molecule has 0 spiro atoms. The monoisotopic (exact) mass is 629 g/mol. The maximum absolute atomic E-state index is 13.2. The first kappa shape index (κ1) is 29.0. The molecule has 2 saturated heterocycles. The number of nitrogens with one attached hydrogen (secondary N) is 1. The van der Waals surface area contributed by atoms with Gasteiger partial charge in [-0.25, -0.2) is 0 Å². The van der Waals surface area contributed by atoms with Crippen molar-refractivity contribution in [2.75, 3.05) is 27.3 Å². The van der Waals surface area contributed by atoms with Gasteiger partial charge in [0.05, 0.1) is 36.1 Å². The van der Waals surface area contributed by atoms with E-state index in [-0.39, 0.29) is 29.9 Å². The second-order valence-corrected chi connectivity index (χ2v) is 12.3. The highest BCUT2D eigenvalue weighted by Gasteiger charge is 2.39. The summed E-state index contributed by atoms with van der Waals surface area (Å²) in [5.41, 5.74) is 3.92. The van der Waals surface area contributed by atoms with Gasteiger partial charge in [0.25, 0.3) is 11.5 Å². The van der Waals surface area contributed by atoms with E-state index >= 15 is 0 Å². The second-order valence-electron chi connectivity index (χ2n) is 11.5. The Kier molecular flexibility index (Phi) is 7.29. The quantitative estimate of drug-likeness (QED) is 0.292. The Bertz CT molecular complexity index is 1900. The third kappa shape index (κ3) is 5.11. The number of ether oxygens (including phenoxy) is 3. The lowest BCUT2D eigenvalue weighted by Gasteiger charge is -2.39. The Morgan fingerprint density at radius 1 is 1.02 bits per heavy atom. The number of aromatic nitrogens is 2. The van der Waals surface area contributed by atoms with Crippen molar-refractivity contribution >= 4 is 39.3 Å². The van der Waals surface area contributed by atoms with Gasteiger partial charge in [0.15, 0.2) is 0 Å². The molecule has 3 aliphatic heterocycles. The van der Waals surface area contributed by atoms with E-state index in [0.717, 1.165) is 27.0 Å². The summed E-state index contributed by atoms with van der Waals surface area (Å²) in [6.07, 6.45) is 3.90. The van der Waals surface area contributed by atoms with Crippen LogP contribution in [-0.2, 0) is 29.7 Å². The molecule has 5 heterocycles. The number of rotatable bonds is 8. The molecule has 2 aromatic heterocycles. The minimum atomic E-state index is -0.648. The lowest BCUT2D eigenvalue weighted by Crippen LogP contribution is -2.53. The average molecular weight is 630 g/mol. The normalized spacial score (nSPS) is 18.6. The first-order valence-electron chi connectivity index (χ1n) is 14.6. The smallest absolute Gasteiger partial charge is 0.260 e. The molecule has 3 aliphatic rings. The summed E-state index contributed by atoms with van der Waals surface area (Å²) in [6.45, 7) is 2.25. The van der Waals surface area contributed by atoms with Gasteiger partial charge < -0.3 is 23.7 Å². The number of imide groups is 1. The standard InChI is InChI=1S/C32H31N5O7S/c1-35-15-23(29-22(31(35)40)11-33-45-29)18-8-26(42-2)24(27(9-18)43-3)16-36-13-20(14-36)44-19-5-4-17-12-37(32(41)21(17)10-19)25-6-7-28(38)34-30(25)39/h4-5,8-11,15,20,25H,6-7,12-14,16H2,1-3H3,(H,34,38,39). The molecule has 2 aromatic carbocycles. The molecule has 0 radical (unpaired) electrons. The van der Waals surface area contributed by atoms with Gasteiger partial charge in [0.2, 0.25) is 11.8 Å². The summed E-state index contributed by atoms with van der Waals surface area (Å²) in [7, 11) is 4.98. The molecule has 4 aromatic rings. The number of benzene rings is 2. The fourth-order valence-corrected chi connectivity index (χ4v) is 7.11. The van der Waals surface area contributed by atoms with Crippen LogP contribution in [0.2, 0.25) is 0 Å². The molecule has 3 amide bonds. The molecule has 7 rings (SSSR count). The van der Waals surface area contributed by atoms with Gasteiger partial charge in [-0.05, 0) is 53.3 Å². The number of carbonyl (C=O) groups excluding carboxylic acids is 3. The van der Waals surface area contributed by atoms with Crippen LogP contribution >= 0.6 is 11.5 Å². The number of amides is 3. The van der Waals surface area contributed by atoms with Crippen molar-refractivity contribution in [1.82, 2.24) is 24.1 Å². The first-order chi connectivity index (χ1) is 21.7. The zero-order valence-electron chi connectivity index (χ0n) is 25.0. The summed E-state index contributed by atoms with van der Waals surface area (Å²) in [6, 6.07) is 8.75. The van der Waals surface area contributed by atoms with Crippen molar-refractivity contribution in [2.24, 2.45) is 7.05 Å². The van der Waals surface area contributed by atoms with Crippen molar-refractivity contribution in [3.05, 3.63) is 69.8 Å². The third-order valence-electron chi connectivity index (χ3n) is 8.72. The lowest BCUT2D eigenvalue weighted by atomic mass is 10.0. The van der Waals surface area contributed by atoms with Crippen molar-refractivity contribution in [2.45, 2.75) is 38.1 Å². The molecule has 1 N–H and O–H groups in total. The summed E-state index contributed by atoms with van der Waals surface area (Å²) in [4.78, 5) is 53.4.